The second-order valence-electron chi connectivity index (χ2n) is 5.08. The fourth-order valence-corrected chi connectivity index (χ4v) is 2.79. The third kappa shape index (κ3) is 4.86. The quantitative estimate of drug-likeness (QED) is 0.784. The Hall–Kier alpha value is -0.390. The Morgan fingerprint density at radius 3 is 3.00 bits per heavy atom. The van der Waals surface area contributed by atoms with E-state index in [2.05, 4.69) is 15.2 Å². The van der Waals surface area contributed by atoms with Crippen LogP contribution in [0.5, 0.6) is 0 Å². The van der Waals surface area contributed by atoms with Crippen LogP contribution in [-0.4, -0.2) is 49.3 Å². The highest BCUT2D eigenvalue weighted by Gasteiger charge is 2.19. The predicted molar refractivity (Wildman–Crippen MR) is 82.4 cm³/mol. The summed E-state index contributed by atoms with van der Waals surface area (Å²) in [6, 6.07) is 4.06. The van der Waals surface area contributed by atoms with E-state index in [9.17, 15) is 0 Å². The summed E-state index contributed by atoms with van der Waals surface area (Å²) in [5.41, 5.74) is 0.827. The van der Waals surface area contributed by atoms with Crippen LogP contribution in [0.3, 0.4) is 0 Å². The molecule has 1 aliphatic heterocycles. The molecule has 0 radical (unpaired) electrons. The van der Waals surface area contributed by atoms with Gasteiger partial charge in [-0.15, -0.1) is 0 Å². The van der Waals surface area contributed by atoms with Crippen LogP contribution in [0.1, 0.15) is 18.5 Å². The smallest absolute Gasteiger partial charge is 0.129 e. The van der Waals surface area contributed by atoms with E-state index in [0.717, 1.165) is 25.3 Å². The van der Waals surface area contributed by atoms with Crippen LogP contribution in [0.4, 0.5) is 0 Å². The van der Waals surface area contributed by atoms with Gasteiger partial charge in [-0.3, -0.25) is 4.90 Å². The molecular formula is C14H21Cl2N3O. The number of aromatic nitrogens is 1. The highest BCUT2D eigenvalue weighted by molar-refractivity contribution is 6.32. The van der Waals surface area contributed by atoms with Gasteiger partial charge in [0.15, 0.2) is 0 Å². The maximum Gasteiger partial charge on any atom is 0.129 e. The summed E-state index contributed by atoms with van der Waals surface area (Å²) in [6.07, 6.45) is 2.47. The van der Waals surface area contributed by atoms with Crippen molar-refractivity contribution in [3.05, 3.63) is 28.0 Å². The van der Waals surface area contributed by atoms with Gasteiger partial charge in [-0.05, 0) is 31.5 Å². The molecule has 0 amide bonds. The van der Waals surface area contributed by atoms with Crippen molar-refractivity contribution >= 4 is 23.2 Å². The molecule has 1 aromatic rings. The van der Waals surface area contributed by atoms with Gasteiger partial charge in [0.1, 0.15) is 5.15 Å². The lowest BCUT2D eigenvalue weighted by Crippen LogP contribution is -2.39. The molecule has 0 saturated carbocycles. The summed E-state index contributed by atoms with van der Waals surface area (Å²) in [4.78, 5) is 6.64. The van der Waals surface area contributed by atoms with Gasteiger partial charge < -0.3 is 10.1 Å². The number of ether oxygens (including phenoxy) is 1. The molecule has 2 heterocycles. The van der Waals surface area contributed by atoms with E-state index in [4.69, 9.17) is 27.9 Å². The molecule has 1 saturated heterocycles. The number of nitrogens with one attached hydrogen (secondary N) is 1. The standard InChI is InChI=1S/C14H21Cl2N3O/c1-20-8-7-19(9-11-3-2-6-17-11)10-13-12(15)4-5-14(16)18-13/h4-5,11,17H,2-3,6-10H2,1H3. The molecular weight excluding hydrogens is 297 g/mol. The van der Waals surface area contributed by atoms with Crippen molar-refractivity contribution in [3.8, 4) is 0 Å². The molecule has 1 aromatic heterocycles. The van der Waals surface area contributed by atoms with E-state index in [-0.39, 0.29) is 0 Å². The Kier molecular flexibility index (Phi) is 6.52. The summed E-state index contributed by atoms with van der Waals surface area (Å²) in [7, 11) is 1.72. The van der Waals surface area contributed by atoms with Crippen molar-refractivity contribution in [1.29, 1.82) is 0 Å². The monoisotopic (exact) mass is 317 g/mol. The van der Waals surface area contributed by atoms with E-state index in [1.165, 1.54) is 12.8 Å². The van der Waals surface area contributed by atoms with E-state index in [1.807, 2.05) is 0 Å². The summed E-state index contributed by atoms with van der Waals surface area (Å²) in [5, 5.41) is 4.66. The fourth-order valence-electron chi connectivity index (χ4n) is 2.46. The summed E-state index contributed by atoms with van der Waals surface area (Å²) >= 11 is 12.1. The first kappa shape index (κ1) is 16.0. The normalized spacial score (nSPS) is 18.9. The third-order valence-electron chi connectivity index (χ3n) is 3.51. The van der Waals surface area contributed by atoms with E-state index in [0.29, 0.717) is 29.4 Å². The Bertz CT molecular complexity index is 425. The number of methoxy groups -OCH3 is 1. The number of hydrogen-bond donors (Lipinski definition) is 1. The molecule has 2 rings (SSSR count). The van der Waals surface area contributed by atoms with Crippen LogP contribution in [0.2, 0.25) is 10.2 Å². The van der Waals surface area contributed by atoms with Crippen LogP contribution in [0, 0.1) is 0 Å². The lowest BCUT2D eigenvalue weighted by atomic mass is 10.2. The lowest BCUT2D eigenvalue weighted by Gasteiger charge is -2.25. The zero-order chi connectivity index (χ0) is 14.4. The largest absolute Gasteiger partial charge is 0.383 e. The second-order valence-corrected chi connectivity index (χ2v) is 5.88. The molecule has 20 heavy (non-hydrogen) atoms. The molecule has 0 aromatic carbocycles. The SMILES string of the molecule is COCCN(Cc1nc(Cl)ccc1Cl)CC1CCCN1. The average molecular weight is 318 g/mol. The minimum absolute atomic E-state index is 0.482. The zero-order valence-electron chi connectivity index (χ0n) is 11.7. The van der Waals surface area contributed by atoms with Gasteiger partial charge in [-0.2, -0.15) is 0 Å². The van der Waals surface area contributed by atoms with Crippen LogP contribution in [0.25, 0.3) is 0 Å². The van der Waals surface area contributed by atoms with Crippen molar-refractivity contribution in [2.45, 2.75) is 25.4 Å². The van der Waals surface area contributed by atoms with Crippen molar-refractivity contribution in [3.63, 3.8) is 0 Å². The number of pyridine rings is 1. The number of nitrogens with zero attached hydrogens (tertiary/aromatic N) is 2. The van der Waals surface area contributed by atoms with Crippen molar-refractivity contribution in [1.82, 2.24) is 15.2 Å². The minimum atomic E-state index is 0.482. The Labute approximate surface area is 130 Å². The lowest BCUT2D eigenvalue weighted by molar-refractivity contribution is 0.137. The molecule has 1 aliphatic rings. The molecule has 0 aliphatic carbocycles. The molecule has 1 atom stereocenters. The summed E-state index contributed by atoms with van der Waals surface area (Å²) < 4.78 is 5.19. The van der Waals surface area contributed by atoms with E-state index < -0.39 is 0 Å². The average Bonchev–Trinajstić information content (AvgIpc) is 2.93. The summed E-state index contributed by atoms with van der Waals surface area (Å²) in [5.74, 6) is 0. The zero-order valence-corrected chi connectivity index (χ0v) is 13.3. The van der Waals surface area contributed by atoms with Crippen LogP contribution in [0.15, 0.2) is 12.1 Å². The highest BCUT2D eigenvalue weighted by atomic mass is 35.5. The topological polar surface area (TPSA) is 37.4 Å². The fraction of sp³-hybridized carbons (Fsp3) is 0.643. The minimum Gasteiger partial charge on any atom is -0.383 e. The van der Waals surface area contributed by atoms with E-state index >= 15 is 0 Å². The Morgan fingerprint density at radius 2 is 2.30 bits per heavy atom. The van der Waals surface area contributed by atoms with Gasteiger partial charge in [0.05, 0.1) is 17.3 Å². The van der Waals surface area contributed by atoms with Crippen molar-refractivity contribution < 1.29 is 4.74 Å². The van der Waals surface area contributed by atoms with Gasteiger partial charge in [-0.1, -0.05) is 23.2 Å². The molecule has 0 spiro atoms. The molecule has 1 N–H and O–H groups in total. The first-order chi connectivity index (χ1) is 9.69. The molecule has 112 valence electrons. The van der Waals surface area contributed by atoms with Crippen LogP contribution < -0.4 is 5.32 Å². The second kappa shape index (κ2) is 8.15. The molecule has 0 bridgehead atoms. The van der Waals surface area contributed by atoms with Gasteiger partial charge in [-0.25, -0.2) is 4.98 Å². The number of rotatable bonds is 7. The maximum atomic E-state index is 6.20. The van der Waals surface area contributed by atoms with Gasteiger partial charge in [0.25, 0.3) is 0 Å². The van der Waals surface area contributed by atoms with Crippen LogP contribution in [-0.2, 0) is 11.3 Å². The number of hydrogen-bond acceptors (Lipinski definition) is 4. The van der Waals surface area contributed by atoms with Gasteiger partial charge in [0, 0.05) is 32.8 Å². The predicted octanol–water partition coefficient (Wildman–Crippen LogP) is 2.59. The Morgan fingerprint density at radius 1 is 1.45 bits per heavy atom. The van der Waals surface area contributed by atoms with Crippen molar-refractivity contribution in [2.24, 2.45) is 0 Å². The van der Waals surface area contributed by atoms with Crippen molar-refractivity contribution in [2.75, 3.05) is 33.4 Å². The third-order valence-corrected chi connectivity index (χ3v) is 4.07. The first-order valence-electron chi connectivity index (χ1n) is 6.94. The van der Waals surface area contributed by atoms with E-state index in [1.54, 1.807) is 19.2 Å². The number of halogens is 2. The summed E-state index contributed by atoms with van der Waals surface area (Å²) in [6.45, 7) is 4.35. The molecule has 1 fully saturated rings. The molecule has 6 heteroatoms. The first-order valence-corrected chi connectivity index (χ1v) is 7.70. The highest BCUT2D eigenvalue weighted by Crippen LogP contribution is 2.19. The Balaban J connectivity index is 1.99. The van der Waals surface area contributed by atoms with Gasteiger partial charge >= 0.3 is 0 Å². The molecule has 4 nitrogen and oxygen atoms in total. The van der Waals surface area contributed by atoms with Gasteiger partial charge in [0.2, 0.25) is 0 Å². The molecule has 1 unspecified atom stereocenters. The maximum absolute atomic E-state index is 6.20. The van der Waals surface area contributed by atoms with Crippen LogP contribution >= 0.6 is 23.2 Å².